The lowest BCUT2D eigenvalue weighted by Crippen LogP contribution is -2.07. The van der Waals surface area contributed by atoms with E-state index in [4.69, 9.17) is 4.98 Å². The van der Waals surface area contributed by atoms with Crippen LogP contribution < -0.4 is 0 Å². The third kappa shape index (κ3) is 2.89. The van der Waals surface area contributed by atoms with Crippen molar-refractivity contribution in [3.8, 4) is 0 Å². The summed E-state index contributed by atoms with van der Waals surface area (Å²) in [6.45, 7) is 5.55. The van der Waals surface area contributed by atoms with Gasteiger partial charge in [0.15, 0.2) is 0 Å². The van der Waals surface area contributed by atoms with E-state index in [0.29, 0.717) is 0 Å². The molecule has 98 valence electrons. The van der Waals surface area contributed by atoms with E-state index in [1.54, 1.807) is 0 Å². The second-order valence-electron chi connectivity index (χ2n) is 4.93. The van der Waals surface area contributed by atoms with Crippen LogP contribution in [0.2, 0.25) is 0 Å². The van der Waals surface area contributed by atoms with Gasteiger partial charge in [0.25, 0.3) is 0 Å². The number of aromatic nitrogens is 2. The summed E-state index contributed by atoms with van der Waals surface area (Å²) in [5.41, 5.74) is 2.39. The van der Waals surface area contributed by atoms with Crippen molar-refractivity contribution in [1.82, 2.24) is 9.55 Å². The number of hydrogen-bond donors (Lipinski definition) is 1. The van der Waals surface area contributed by atoms with E-state index in [1.807, 2.05) is 0 Å². The number of hydrogen-bond acceptors (Lipinski definition) is 2. The van der Waals surface area contributed by atoms with Crippen LogP contribution in [0, 0.1) is 5.92 Å². The van der Waals surface area contributed by atoms with Crippen LogP contribution in [-0.4, -0.2) is 15.3 Å². The first kappa shape index (κ1) is 13.5. The zero-order valence-electron chi connectivity index (χ0n) is 11.3. The molecule has 1 atom stereocenters. The summed E-state index contributed by atoms with van der Waals surface area (Å²) in [6.07, 6.45) is 3.39. The zero-order chi connectivity index (χ0) is 13.0. The Kier molecular flexibility index (Phi) is 4.70. The summed E-state index contributed by atoms with van der Waals surface area (Å²) >= 11 is 4.31. The van der Waals surface area contributed by atoms with Crippen molar-refractivity contribution in [3.63, 3.8) is 0 Å². The molecule has 0 saturated heterocycles. The Morgan fingerprint density at radius 3 is 2.78 bits per heavy atom. The van der Waals surface area contributed by atoms with Gasteiger partial charge in [-0.2, -0.15) is 12.6 Å². The highest BCUT2D eigenvalue weighted by atomic mass is 32.1. The second-order valence-corrected chi connectivity index (χ2v) is 5.38. The molecule has 0 aliphatic rings. The second kappa shape index (κ2) is 6.28. The molecule has 0 aliphatic heterocycles. The molecule has 2 nitrogen and oxygen atoms in total. The summed E-state index contributed by atoms with van der Waals surface area (Å²) in [6, 6.07) is 8.42. The van der Waals surface area contributed by atoms with Crippen molar-refractivity contribution >= 4 is 23.7 Å². The quantitative estimate of drug-likeness (QED) is 0.781. The van der Waals surface area contributed by atoms with Crippen LogP contribution in [0.3, 0.4) is 0 Å². The number of rotatable bonds is 6. The Balaban J connectivity index is 2.20. The monoisotopic (exact) mass is 262 g/mol. The minimum atomic E-state index is 0.730. The molecule has 0 amide bonds. The summed E-state index contributed by atoms with van der Waals surface area (Å²) in [5.74, 6) is 2.91. The number of thiol groups is 1. The molecule has 2 rings (SSSR count). The van der Waals surface area contributed by atoms with Gasteiger partial charge in [-0.15, -0.1) is 0 Å². The van der Waals surface area contributed by atoms with Gasteiger partial charge in [-0.05, 0) is 36.6 Å². The Morgan fingerprint density at radius 1 is 1.28 bits per heavy atom. The first-order valence-corrected chi connectivity index (χ1v) is 7.44. The summed E-state index contributed by atoms with van der Waals surface area (Å²) in [5, 5.41) is 0. The van der Waals surface area contributed by atoms with Crippen molar-refractivity contribution < 1.29 is 0 Å². The first-order valence-electron chi connectivity index (χ1n) is 6.81. The van der Waals surface area contributed by atoms with E-state index < -0.39 is 0 Å². The summed E-state index contributed by atoms with van der Waals surface area (Å²) < 4.78 is 2.38. The van der Waals surface area contributed by atoms with Crippen molar-refractivity contribution in [2.24, 2.45) is 5.92 Å². The van der Waals surface area contributed by atoms with Crippen LogP contribution in [0.1, 0.15) is 32.5 Å². The molecule has 0 radical (unpaired) electrons. The van der Waals surface area contributed by atoms with E-state index in [0.717, 1.165) is 30.2 Å². The smallest absolute Gasteiger partial charge is 0.109 e. The molecule has 1 unspecified atom stereocenters. The molecule has 0 fully saturated rings. The van der Waals surface area contributed by atoms with Crippen LogP contribution >= 0.6 is 12.6 Å². The summed E-state index contributed by atoms with van der Waals surface area (Å²) in [4.78, 5) is 4.70. The molecular weight excluding hydrogens is 240 g/mol. The van der Waals surface area contributed by atoms with E-state index in [-0.39, 0.29) is 0 Å². The van der Waals surface area contributed by atoms with Gasteiger partial charge in [-0.3, -0.25) is 0 Å². The van der Waals surface area contributed by atoms with E-state index in [2.05, 4.69) is 55.3 Å². The Labute approximate surface area is 115 Å². The molecular formula is C15H22N2S. The third-order valence-corrected chi connectivity index (χ3v) is 3.78. The van der Waals surface area contributed by atoms with Gasteiger partial charge in [0.05, 0.1) is 11.0 Å². The van der Waals surface area contributed by atoms with Gasteiger partial charge >= 0.3 is 0 Å². The Hall–Kier alpha value is -0.960. The molecule has 3 heteroatoms. The number of benzene rings is 1. The highest BCUT2D eigenvalue weighted by Crippen LogP contribution is 2.19. The normalized spacial score (nSPS) is 13.1. The number of fused-ring (bicyclic) bond motifs is 1. The van der Waals surface area contributed by atoms with Crippen molar-refractivity contribution in [1.29, 1.82) is 0 Å². The Morgan fingerprint density at radius 2 is 2.06 bits per heavy atom. The van der Waals surface area contributed by atoms with E-state index >= 15 is 0 Å². The zero-order valence-corrected chi connectivity index (χ0v) is 12.2. The fourth-order valence-corrected chi connectivity index (χ4v) is 2.80. The van der Waals surface area contributed by atoms with Gasteiger partial charge in [0, 0.05) is 13.0 Å². The minimum absolute atomic E-state index is 0.730. The van der Waals surface area contributed by atoms with Crippen LogP contribution in [0.25, 0.3) is 11.0 Å². The lowest BCUT2D eigenvalue weighted by Gasteiger charge is -2.12. The molecule has 1 aromatic heterocycles. The predicted octanol–water partition coefficient (Wildman–Crippen LogP) is 3.94. The van der Waals surface area contributed by atoms with Gasteiger partial charge < -0.3 is 4.57 Å². The fourth-order valence-electron chi connectivity index (χ4n) is 2.36. The van der Waals surface area contributed by atoms with Gasteiger partial charge in [0.2, 0.25) is 0 Å². The molecule has 1 heterocycles. The van der Waals surface area contributed by atoms with Gasteiger partial charge in [0.1, 0.15) is 5.82 Å². The highest BCUT2D eigenvalue weighted by molar-refractivity contribution is 7.80. The minimum Gasteiger partial charge on any atom is -0.328 e. The maximum absolute atomic E-state index is 4.70. The molecule has 18 heavy (non-hydrogen) atoms. The fraction of sp³-hybridized carbons (Fsp3) is 0.533. The van der Waals surface area contributed by atoms with Gasteiger partial charge in [-0.1, -0.05) is 26.0 Å². The molecule has 0 saturated carbocycles. The molecule has 0 bridgehead atoms. The van der Waals surface area contributed by atoms with Crippen molar-refractivity contribution in [2.75, 3.05) is 5.75 Å². The SMILES string of the molecule is CCc1nc2ccccc2n1CCC(C)CCS. The lowest BCUT2D eigenvalue weighted by atomic mass is 10.1. The molecule has 0 spiro atoms. The first-order chi connectivity index (χ1) is 8.76. The number of para-hydroxylation sites is 2. The lowest BCUT2D eigenvalue weighted by molar-refractivity contribution is 0.470. The van der Waals surface area contributed by atoms with Crippen molar-refractivity contribution in [2.45, 2.75) is 39.7 Å². The number of imidazole rings is 1. The largest absolute Gasteiger partial charge is 0.328 e. The van der Waals surface area contributed by atoms with E-state index in [9.17, 15) is 0 Å². The van der Waals surface area contributed by atoms with Crippen LogP contribution in [0.15, 0.2) is 24.3 Å². The summed E-state index contributed by atoms with van der Waals surface area (Å²) in [7, 11) is 0. The third-order valence-electron chi connectivity index (χ3n) is 3.52. The Bertz CT molecular complexity index is 504. The average molecular weight is 262 g/mol. The van der Waals surface area contributed by atoms with Crippen LogP contribution in [0.4, 0.5) is 0 Å². The highest BCUT2D eigenvalue weighted by Gasteiger charge is 2.09. The predicted molar refractivity (Wildman–Crippen MR) is 81.4 cm³/mol. The topological polar surface area (TPSA) is 17.8 Å². The molecule has 1 aromatic carbocycles. The number of nitrogens with zero attached hydrogens (tertiary/aromatic N) is 2. The van der Waals surface area contributed by atoms with E-state index in [1.165, 1.54) is 24.2 Å². The van der Waals surface area contributed by atoms with Crippen molar-refractivity contribution in [3.05, 3.63) is 30.1 Å². The van der Waals surface area contributed by atoms with Crippen LogP contribution in [-0.2, 0) is 13.0 Å². The molecule has 0 aliphatic carbocycles. The standard InChI is InChI=1S/C15H22N2S/c1-3-15-16-13-6-4-5-7-14(13)17(15)10-8-12(2)9-11-18/h4-7,12,18H,3,8-11H2,1-2H3. The van der Waals surface area contributed by atoms with Crippen LogP contribution in [0.5, 0.6) is 0 Å². The maximum atomic E-state index is 4.70. The number of aryl methyl sites for hydroxylation is 2. The molecule has 2 aromatic rings. The molecule has 0 N–H and O–H groups in total. The average Bonchev–Trinajstić information content (AvgIpc) is 2.74. The van der Waals surface area contributed by atoms with Gasteiger partial charge in [-0.25, -0.2) is 4.98 Å². The maximum Gasteiger partial charge on any atom is 0.109 e.